The number of hydrogen-bond acceptors (Lipinski definition) is 2. The van der Waals surface area contributed by atoms with Crippen LogP contribution in [0, 0.1) is 5.92 Å². The maximum Gasteiger partial charge on any atom is 0.416 e. The summed E-state index contributed by atoms with van der Waals surface area (Å²) < 4.78 is 38.6. The molecule has 0 radical (unpaired) electrons. The second kappa shape index (κ2) is 11.8. The first kappa shape index (κ1) is 25.0. The van der Waals surface area contributed by atoms with E-state index in [1.54, 1.807) is 6.07 Å². The van der Waals surface area contributed by atoms with Crippen molar-refractivity contribution in [2.75, 3.05) is 39.8 Å². The van der Waals surface area contributed by atoms with E-state index in [9.17, 15) is 13.2 Å². The Bertz CT molecular complexity index is 622. The number of halogens is 4. The van der Waals surface area contributed by atoms with E-state index in [0.29, 0.717) is 18.0 Å². The van der Waals surface area contributed by atoms with Crippen molar-refractivity contribution >= 4 is 29.9 Å². The number of alkyl halides is 3. The van der Waals surface area contributed by atoms with Gasteiger partial charge in [0.15, 0.2) is 5.96 Å². The highest BCUT2D eigenvalue weighted by molar-refractivity contribution is 14.0. The summed E-state index contributed by atoms with van der Waals surface area (Å²) in [4.78, 5) is 6.98. The van der Waals surface area contributed by atoms with Crippen LogP contribution in [0.15, 0.2) is 29.3 Å². The van der Waals surface area contributed by atoms with Gasteiger partial charge in [0.05, 0.1) is 5.56 Å². The summed E-state index contributed by atoms with van der Waals surface area (Å²) in [6, 6.07) is 5.60. The lowest BCUT2D eigenvalue weighted by atomic mass is 9.96. The first-order valence-corrected chi connectivity index (χ1v) is 9.67. The molecule has 1 aromatic rings. The molecule has 0 amide bonds. The Labute approximate surface area is 183 Å². The lowest BCUT2D eigenvalue weighted by Gasteiger charge is -2.17. The van der Waals surface area contributed by atoms with Crippen LogP contribution in [0.2, 0.25) is 0 Å². The molecule has 1 aromatic carbocycles. The smallest absolute Gasteiger partial charge is 0.357 e. The van der Waals surface area contributed by atoms with Crippen LogP contribution < -0.4 is 10.6 Å². The van der Waals surface area contributed by atoms with Gasteiger partial charge < -0.3 is 15.5 Å². The van der Waals surface area contributed by atoms with Gasteiger partial charge in [-0.2, -0.15) is 13.2 Å². The van der Waals surface area contributed by atoms with Gasteiger partial charge in [-0.3, -0.25) is 4.99 Å². The Morgan fingerprint density at radius 2 is 2.07 bits per heavy atom. The quantitative estimate of drug-likeness (QED) is 0.325. The molecule has 1 heterocycles. The lowest BCUT2D eigenvalue weighted by Crippen LogP contribution is -2.38. The molecular formula is C20H32F3IN4. The largest absolute Gasteiger partial charge is 0.416 e. The fraction of sp³-hybridized carbons (Fsp3) is 0.650. The minimum absolute atomic E-state index is 0. The molecule has 1 aliphatic rings. The van der Waals surface area contributed by atoms with E-state index in [1.807, 2.05) is 13.8 Å². The molecule has 2 N–H and O–H groups in total. The maximum atomic E-state index is 12.9. The van der Waals surface area contributed by atoms with Gasteiger partial charge in [0.1, 0.15) is 0 Å². The molecule has 1 aliphatic heterocycles. The van der Waals surface area contributed by atoms with E-state index in [1.165, 1.54) is 18.6 Å². The third-order valence-corrected chi connectivity index (χ3v) is 4.99. The molecule has 2 atom stereocenters. The molecule has 2 rings (SSSR count). The summed E-state index contributed by atoms with van der Waals surface area (Å²) >= 11 is 0. The van der Waals surface area contributed by atoms with Gasteiger partial charge in [-0.15, -0.1) is 24.0 Å². The van der Waals surface area contributed by atoms with E-state index in [0.717, 1.165) is 44.6 Å². The van der Waals surface area contributed by atoms with Crippen molar-refractivity contribution in [1.82, 2.24) is 15.5 Å². The SMILES string of the molecule is CCNC(=NCC1CCN(C)C1)NCCC(C)c1cccc(C(F)(F)F)c1.I. The van der Waals surface area contributed by atoms with Crippen LogP contribution in [-0.4, -0.2) is 50.6 Å². The van der Waals surface area contributed by atoms with Crippen molar-refractivity contribution in [3.63, 3.8) is 0 Å². The summed E-state index contributed by atoms with van der Waals surface area (Å²) in [5.74, 6) is 1.41. The molecule has 1 saturated heterocycles. The molecule has 28 heavy (non-hydrogen) atoms. The molecule has 2 unspecified atom stereocenters. The van der Waals surface area contributed by atoms with Gasteiger partial charge in [0, 0.05) is 26.2 Å². The van der Waals surface area contributed by atoms with Crippen molar-refractivity contribution in [1.29, 1.82) is 0 Å². The highest BCUT2D eigenvalue weighted by Crippen LogP contribution is 2.31. The maximum absolute atomic E-state index is 12.9. The van der Waals surface area contributed by atoms with Gasteiger partial charge >= 0.3 is 6.18 Å². The van der Waals surface area contributed by atoms with Gasteiger partial charge in [-0.05, 0) is 56.8 Å². The second-order valence-corrected chi connectivity index (χ2v) is 7.38. The first-order valence-electron chi connectivity index (χ1n) is 9.67. The van der Waals surface area contributed by atoms with Gasteiger partial charge in [-0.1, -0.05) is 25.1 Å². The fourth-order valence-electron chi connectivity index (χ4n) is 3.33. The normalized spacial score (nSPS) is 19.2. The number of guanidine groups is 1. The Balaban J connectivity index is 0.00000392. The zero-order chi connectivity index (χ0) is 19.9. The average Bonchev–Trinajstić information content (AvgIpc) is 3.04. The van der Waals surface area contributed by atoms with Crippen molar-refractivity contribution < 1.29 is 13.2 Å². The summed E-state index contributed by atoms with van der Waals surface area (Å²) in [6.07, 6.45) is -2.39. The van der Waals surface area contributed by atoms with Crippen LogP contribution in [0.3, 0.4) is 0 Å². The Hall–Kier alpha value is -1.03. The molecule has 0 aromatic heterocycles. The molecule has 4 nitrogen and oxygen atoms in total. The van der Waals surface area contributed by atoms with Gasteiger partial charge in [-0.25, -0.2) is 0 Å². The van der Waals surface area contributed by atoms with Crippen LogP contribution in [0.5, 0.6) is 0 Å². The third kappa shape index (κ3) is 8.14. The average molecular weight is 512 g/mol. The van der Waals surface area contributed by atoms with Crippen molar-refractivity contribution in [2.24, 2.45) is 10.9 Å². The molecule has 1 fully saturated rings. The minimum Gasteiger partial charge on any atom is -0.357 e. The van der Waals surface area contributed by atoms with Crippen molar-refractivity contribution in [2.45, 2.75) is 38.8 Å². The number of nitrogens with one attached hydrogen (secondary N) is 2. The second-order valence-electron chi connectivity index (χ2n) is 7.38. The summed E-state index contributed by atoms with van der Waals surface area (Å²) in [6.45, 7) is 8.41. The molecule has 0 saturated carbocycles. The van der Waals surface area contributed by atoms with Crippen LogP contribution in [0.25, 0.3) is 0 Å². The van der Waals surface area contributed by atoms with Gasteiger partial charge in [0.2, 0.25) is 0 Å². The predicted octanol–water partition coefficient (Wildman–Crippen LogP) is 4.32. The predicted molar refractivity (Wildman–Crippen MR) is 119 cm³/mol. The first-order chi connectivity index (χ1) is 12.8. The number of benzene rings is 1. The fourth-order valence-corrected chi connectivity index (χ4v) is 3.33. The van der Waals surface area contributed by atoms with Crippen LogP contribution in [0.1, 0.15) is 43.7 Å². The van der Waals surface area contributed by atoms with Crippen molar-refractivity contribution in [3.05, 3.63) is 35.4 Å². The Kier molecular flexibility index (Phi) is 10.6. The molecule has 8 heteroatoms. The lowest BCUT2D eigenvalue weighted by molar-refractivity contribution is -0.137. The zero-order valence-corrected chi connectivity index (χ0v) is 19.2. The highest BCUT2D eigenvalue weighted by Gasteiger charge is 2.30. The van der Waals surface area contributed by atoms with E-state index in [2.05, 4.69) is 27.6 Å². The molecule has 0 spiro atoms. The summed E-state index contributed by atoms with van der Waals surface area (Å²) in [5.41, 5.74) is 0.124. The zero-order valence-electron chi connectivity index (χ0n) is 16.9. The van der Waals surface area contributed by atoms with Crippen LogP contribution >= 0.6 is 24.0 Å². The summed E-state index contributed by atoms with van der Waals surface area (Å²) in [5, 5.41) is 6.54. The molecule has 160 valence electrons. The third-order valence-electron chi connectivity index (χ3n) is 4.99. The van der Waals surface area contributed by atoms with Crippen LogP contribution in [-0.2, 0) is 6.18 Å². The van der Waals surface area contributed by atoms with E-state index >= 15 is 0 Å². The number of likely N-dealkylation sites (tertiary alicyclic amines) is 1. The molecular weight excluding hydrogens is 480 g/mol. The van der Waals surface area contributed by atoms with E-state index in [-0.39, 0.29) is 29.9 Å². The van der Waals surface area contributed by atoms with Gasteiger partial charge in [0.25, 0.3) is 0 Å². The van der Waals surface area contributed by atoms with Crippen molar-refractivity contribution in [3.8, 4) is 0 Å². The summed E-state index contributed by atoms with van der Waals surface area (Å²) in [7, 11) is 2.13. The topological polar surface area (TPSA) is 39.7 Å². The monoisotopic (exact) mass is 512 g/mol. The number of hydrogen-bond donors (Lipinski definition) is 2. The Morgan fingerprint density at radius 1 is 1.32 bits per heavy atom. The standard InChI is InChI=1S/C20H31F3N4.HI/c1-4-24-19(26-13-16-9-11-27(3)14-16)25-10-8-15(2)17-6-5-7-18(12-17)20(21,22)23;/h5-7,12,15-16H,4,8-11,13-14H2,1-3H3,(H2,24,25,26);1H. The number of nitrogens with zero attached hydrogens (tertiary/aromatic N) is 2. The van der Waals surface area contributed by atoms with E-state index < -0.39 is 11.7 Å². The number of aliphatic imine (C=N–C) groups is 1. The molecule has 0 bridgehead atoms. The Morgan fingerprint density at radius 3 is 2.68 bits per heavy atom. The molecule has 0 aliphatic carbocycles. The van der Waals surface area contributed by atoms with Crippen LogP contribution in [0.4, 0.5) is 13.2 Å². The van der Waals surface area contributed by atoms with E-state index in [4.69, 9.17) is 0 Å². The number of rotatable bonds is 7. The highest BCUT2D eigenvalue weighted by atomic mass is 127. The minimum atomic E-state index is -4.30.